The molecule has 102 valence electrons. The van der Waals surface area contributed by atoms with Gasteiger partial charge in [-0.05, 0) is 37.5 Å². The highest BCUT2D eigenvalue weighted by Gasteiger charge is 2.30. The van der Waals surface area contributed by atoms with Gasteiger partial charge in [0, 0.05) is 12.6 Å². The lowest BCUT2D eigenvalue weighted by atomic mass is 10.1. The molecule has 2 fully saturated rings. The van der Waals surface area contributed by atoms with Crippen molar-refractivity contribution in [3.05, 3.63) is 35.9 Å². The highest BCUT2D eigenvalue weighted by atomic mass is 32.1. The van der Waals surface area contributed by atoms with E-state index >= 15 is 0 Å². The highest BCUT2D eigenvalue weighted by Crippen LogP contribution is 2.26. The van der Waals surface area contributed by atoms with Gasteiger partial charge in [0.05, 0.1) is 12.6 Å². The maximum atomic E-state index is 6.04. The molecule has 4 heteroatoms. The van der Waals surface area contributed by atoms with Crippen molar-refractivity contribution in [1.29, 1.82) is 0 Å². The van der Waals surface area contributed by atoms with Crippen LogP contribution in [0.3, 0.4) is 0 Å². The van der Waals surface area contributed by atoms with Gasteiger partial charge in [-0.25, -0.2) is 0 Å². The number of benzene rings is 1. The normalized spacial score (nSPS) is 27.1. The SMILES string of the molecule is C[C@H]1CN(C(=S)NC2CC2)C[C@@H](c2ccccc2)O1. The van der Waals surface area contributed by atoms with E-state index in [9.17, 15) is 0 Å². The third kappa shape index (κ3) is 3.25. The lowest BCUT2D eigenvalue weighted by molar-refractivity contribution is -0.0597. The molecule has 0 bridgehead atoms. The number of rotatable bonds is 2. The van der Waals surface area contributed by atoms with Crippen molar-refractivity contribution in [2.24, 2.45) is 0 Å². The molecule has 2 atom stereocenters. The van der Waals surface area contributed by atoms with E-state index in [-0.39, 0.29) is 12.2 Å². The van der Waals surface area contributed by atoms with E-state index in [4.69, 9.17) is 17.0 Å². The Morgan fingerprint density at radius 1 is 1.26 bits per heavy atom. The molecular weight excluding hydrogens is 256 g/mol. The van der Waals surface area contributed by atoms with Crippen molar-refractivity contribution < 1.29 is 4.74 Å². The minimum Gasteiger partial charge on any atom is -0.367 e. The molecule has 0 spiro atoms. The highest BCUT2D eigenvalue weighted by molar-refractivity contribution is 7.80. The van der Waals surface area contributed by atoms with Crippen LogP contribution in [0.15, 0.2) is 30.3 Å². The summed E-state index contributed by atoms with van der Waals surface area (Å²) in [6, 6.07) is 11.0. The van der Waals surface area contributed by atoms with Crippen LogP contribution in [0.2, 0.25) is 0 Å². The Hall–Kier alpha value is -1.13. The van der Waals surface area contributed by atoms with Crippen LogP contribution in [-0.4, -0.2) is 35.2 Å². The topological polar surface area (TPSA) is 24.5 Å². The average molecular weight is 276 g/mol. The zero-order valence-corrected chi connectivity index (χ0v) is 12.0. The maximum absolute atomic E-state index is 6.04. The number of nitrogens with zero attached hydrogens (tertiary/aromatic N) is 1. The minimum absolute atomic E-state index is 0.115. The van der Waals surface area contributed by atoms with Crippen LogP contribution < -0.4 is 5.32 Å². The lowest BCUT2D eigenvalue weighted by Gasteiger charge is -2.38. The van der Waals surface area contributed by atoms with Crippen LogP contribution in [0.5, 0.6) is 0 Å². The molecule has 0 aromatic heterocycles. The third-order valence-corrected chi connectivity index (χ3v) is 4.00. The molecule has 1 aliphatic carbocycles. The van der Waals surface area contributed by atoms with Crippen molar-refractivity contribution >= 4 is 17.3 Å². The molecule has 3 rings (SSSR count). The predicted octanol–water partition coefficient (Wildman–Crippen LogP) is 2.49. The van der Waals surface area contributed by atoms with Crippen molar-refractivity contribution in [2.75, 3.05) is 13.1 Å². The molecule has 1 aliphatic heterocycles. The summed E-state index contributed by atoms with van der Waals surface area (Å²) >= 11 is 5.51. The Bertz CT molecular complexity index is 447. The second kappa shape index (κ2) is 5.47. The predicted molar refractivity (Wildman–Crippen MR) is 80.1 cm³/mol. The first kappa shape index (κ1) is 12.9. The maximum Gasteiger partial charge on any atom is 0.169 e. The smallest absolute Gasteiger partial charge is 0.169 e. The van der Waals surface area contributed by atoms with Crippen LogP contribution >= 0.6 is 12.2 Å². The summed E-state index contributed by atoms with van der Waals surface area (Å²) in [6.07, 6.45) is 2.83. The Labute approximate surface area is 119 Å². The molecular formula is C15H20N2OS. The monoisotopic (exact) mass is 276 g/mol. The van der Waals surface area contributed by atoms with Gasteiger partial charge >= 0.3 is 0 Å². The van der Waals surface area contributed by atoms with E-state index in [0.29, 0.717) is 6.04 Å². The zero-order chi connectivity index (χ0) is 13.2. The van der Waals surface area contributed by atoms with Gasteiger partial charge < -0.3 is 15.0 Å². The van der Waals surface area contributed by atoms with Crippen molar-refractivity contribution in [1.82, 2.24) is 10.2 Å². The van der Waals surface area contributed by atoms with Crippen LogP contribution in [-0.2, 0) is 4.74 Å². The lowest BCUT2D eigenvalue weighted by Crippen LogP contribution is -2.50. The van der Waals surface area contributed by atoms with Gasteiger partial charge in [0.15, 0.2) is 5.11 Å². The molecule has 1 aromatic rings. The van der Waals surface area contributed by atoms with E-state index in [1.54, 1.807) is 0 Å². The Kier molecular flexibility index (Phi) is 3.71. The van der Waals surface area contributed by atoms with Crippen LogP contribution in [0.4, 0.5) is 0 Å². The number of hydrogen-bond donors (Lipinski definition) is 1. The van der Waals surface area contributed by atoms with Gasteiger partial charge in [-0.2, -0.15) is 0 Å². The van der Waals surface area contributed by atoms with E-state index in [0.717, 1.165) is 18.2 Å². The molecule has 1 aromatic carbocycles. The molecule has 1 saturated carbocycles. The van der Waals surface area contributed by atoms with Gasteiger partial charge in [-0.1, -0.05) is 30.3 Å². The number of thiocarbonyl (C=S) groups is 1. The average Bonchev–Trinajstić information content (AvgIpc) is 3.23. The van der Waals surface area contributed by atoms with Gasteiger partial charge in [0.1, 0.15) is 6.10 Å². The molecule has 0 unspecified atom stereocenters. The molecule has 1 saturated heterocycles. The standard InChI is InChI=1S/C15H20N2OS/c1-11-9-17(15(19)16-13-7-8-13)10-14(18-11)12-5-3-2-4-6-12/h2-6,11,13-14H,7-10H2,1H3,(H,16,19)/t11-,14-/m0/s1. The van der Waals surface area contributed by atoms with Gasteiger partial charge in [0.2, 0.25) is 0 Å². The van der Waals surface area contributed by atoms with Crippen molar-refractivity contribution in [3.63, 3.8) is 0 Å². The summed E-state index contributed by atoms with van der Waals surface area (Å²) in [5.74, 6) is 0. The minimum atomic E-state index is 0.115. The Balaban J connectivity index is 1.67. The van der Waals surface area contributed by atoms with Crippen molar-refractivity contribution in [2.45, 2.75) is 38.0 Å². The van der Waals surface area contributed by atoms with Crippen molar-refractivity contribution in [3.8, 4) is 0 Å². The molecule has 1 N–H and O–H groups in total. The fourth-order valence-electron chi connectivity index (χ4n) is 2.46. The van der Waals surface area contributed by atoms with E-state index in [2.05, 4.69) is 41.4 Å². The molecule has 0 radical (unpaired) electrons. The molecule has 2 aliphatic rings. The zero-order valence-electron chi connectivity index (χ0n) is 11.2. The first-order valence-electron chi connectivity index (χ1n) is 6.98. The first-order valence-corrected chi connectivity index (χ1v) is 7.39. The van der Waals surface area contributed by atoms with E-state index in [1.807, 2.05) is 6.07 Å². The Morgan fingerprint density at radius 2 is 2.00 bits per heavy atom. The quantitative estimate of drug-likeness (QED) is 0.839. The Morgan fingerprint density at radius 3 is 2.68 bits per heavy atom. The van der Waals surface area contributed by atoms with Gasteiger partial charge in [-0.3, -0.25) is 0 Å². The van der Waals surface area contributed by atoms with Crippen LogP contribution in [0.25, 0.3) is 0 Å². The summed E-state index contributed by atoms with van der Waals surface area (Å²) in [4.78, 5) is 2.25. The molecule has 1 heterocycles. The van der Waals surface area contributed by atoms with Gasteiger partial charge in [0.25, 0.3) is 0 Å². The third-order valence-electron chi connectivity index (χ3n) is 3.62. The molecule has 3 nitrogen and oxygen atoms in total. The van der Waals surface area contributed by atoms with Crippen LogP contribution in [0, 0.1) is 0 Å². The summed E-state index contributed by atoms with van der Waals surface area (Å²) in [5.41, 5.74) is 1.23. The molecule has 19 heavy (non-hydrogen) atoms. The fraction of sp³-hybridized carbons (Fsp3) is 0.533. The number of morpholine rings is 1. The number of hydrogen-bond acceptors (Lipinski definition) is 2. The van der Waals surface area contributed by atoms with Crippen LogP contribution in [0.1, 0.15) is 31.4 Å². The second-order valence-electron chi connectivity index (χ2n) is 5.47. The number of nitrogens with one attached hydrogen (secondary N) is 1. The molecule has 0 amide bonds. The van der Waals surface area contributed by atoms with Gasteiger partial charge in [-0.15, -0.1) is 0 Å². The summed E-state index contributed by atoms with van der Waals surface area (Å²) in [7, 11) is 0. The fourth-order valence-corrected chi connectivity index (χ4v) is 2.78. The second-order valence-corrected chi connectivity index (χ2v) is 5.86. The van der Waals surface area contributed by atoms with E-state index < -0.39 is 0 Å². The van der Waals surface area contributed by atoms with E-state index in [1.165, 1.54) is 18.4 Å². The largest absolute Gasteiger partial charge is 0.367 e. The summed E-state index contributed by atoms with van der Waals surface area (Å²) < 4.78 is 6.04. The number of ether oxygens (including phenoxy) is 1. The summed E-state index contributed by atoms with van der Waals surface area (Å²) in [6.45, 7) is 3.83. The first-order chi connectivity index (χ1) is 9.22. The summed E-state index contributed by atoms with van der Waals surface area (Å²) in [5, 5.41) is 4.31.